The van der Waals surface area contributed by atoms with E-state index in [9.17, 15) is 4.79 Å². The quantitative estimate of drug-likeness (QED) is 0.870. The Morgan fingerprint density at radius 1 is 1.47 bits per heavy atom. The molecule has 88 valence electrons. The highest BCUT2D eigenvalue weighted by Gasteiger charge is 2.10. The van der Waals surface area contributed by atoms with Crippen molar-refractivity contribution in [2.45, 2.75) is 6.92 Å². The maximum absolute atomic E-state index is 11.1. The molecule has 4 nitrogen and oxygen atoms in total. The van der Waals surface area contributed by atoms with Gasteiger partial charge in [0.05, 0.1) is 0 Å². The van der Waals surface area contributed by atoms with E-state index in [1.54, 1.807) is 0 Å². The Morgan fingerprint density at radius 3 is 2.94 bits per heavy atom. The highest BCUT2D eigenvalue weighted by Crippen LogP contribution is 2.25. The van der Waals surface area contributed by atoms with Crippen molar-refractivity contribution in [3.05, 3.63) is 29.8 Å². The predicted octanol–water partition coefficient (Wildman–Crippen LogP) is 2.69. The lowest BCUT2D eigenvalue weighted by Crippen LogP contribution is -2.13. The number of carbonyl (C=O) groups excluding carboxylic acids is 1. The molecule has 6 heteroatoms. The Hall–Kier alpha value is -1.46. The lowest BCUT2D eigenvalue weighted by Gasteiger charge is -1.99. The molecule has 1 aromatic carbocycles. The summed E-state index contributed by atoms with van der Waals surface area (Å²) in [4.78, 5) is 15.3. The van der Waals surface area contributed by atoms with Gasteiger partial charge in [-0.1, -0.05) is 24.3 Å². The summed E-state index contributed by atoms with van der Waals surface area (Å²) >= 11 is 6.64. The van der Waals surface area contributed by atoms with Gasteiger partial charge in [-0.2, -0.15) is 9.36 Å². The molecule has 1 amide bonds. The van der Waals surface area contributed by atoms with E-state index in [2.05, 4.69) is 14.7 Å². The van der Waals surface area contributed by atoms with Crippen molar-refractivity contribution in [3.63, 3.8) is 0 Å². The standard InChI is InChI=1S/C11H10ClN3OS/c1-7-4-2-3-5-8(7)10-14-11(15-17-10)13-9(16)6-12/h2-5H,6H2,1H3,(H,13,15,16). The highest BCUT2D eigenvalue weighted by molar-refractivity contribution is 7.09. The Kier molecular flexibility index (Phi) is 3.71. The summed E-state index contributed by atoms with van der Waals surface area (Å²) in [6, 6.07) is 7.90. The smallest absolute Gasteiger partial charge is 0.241 e. The van der Waals surface area contributed by atoms with E-state index in [-0.39, 0.29) is 11.8 Å². The second-order valence-corrected chi connectivity index (χ2v) is 4.44. The molecule has 0 saturated heterocycles. The second-order valence-electron chi connectivity index (χ2n) is 3.42. The molecule has 0 aliphatic heterocycles. The molecular weight excluding hydrogens is 258 g/mol. The first-order valence-electron chi connectivity index (χ1n) is 4.96. The summed E-state index contributed by atoms with van der Waals surface area (Å²) in [6.07, 6.45) is 0. The molecule has 0 spiro atoms. The number of aryl methyl sites for hydroxylation is 1. The number of nitrogens with zero attached hydrogens (tertiary/aromatic N) is 2. The molecule has 0 fully saturated rings. The fourth-order valence-corrected chi connectivity index (χ4v) is 2.14. The number of hydrogen-bond acceptors (Lipinski definition) is 4. The van der Waals surface area contributed by atoms with Crippen LogP contribution in [-0.2, 0) is 4.79 Å². The maximum Gasteiger partial charge on any atom is 0.241 e. The average Bonchev–Trinajstić information content (AvgIpc) is 2.78. The Labute approximate surface area is 108 Å². The van der Waals surface area contributed by atoms with Crippen molar-refractivity contribution in [1.82, 2.24) is 9.36 Å². The van der Waals surface area contributed by atoms with Gasteiger partial charge in [-0.05, 0) is 24.0 Å². The molecule has 0 unspecified atom stereocenters. The van der Waals surface area contributed by atoms with Gasteiger partial charge in [-0.3, -0.25) is 10.1 Å². The van der Waals surface area contributed by atoms with Gasteiger partial charge in [0, 0.05) is 5.56 Å². The van der Waals surface area contributed by atoms with Crippen LogP contribution >= 0.6 is 23.1 Å². The number of hydrogen-bond donors (Lipinski definition) is 1. The van der Waals surface area contributed by atoms with Crippen molar-refractivity contribution in [1.29, 1.82) is 0 Å². The summed E-state index contributed by atoms with van der Waals surface area (Å²) in [5.41, 5.74) is 2.15. The van der Waals surface area contributed by atoms with E-state index in [1.807, 2.05) is 31.2 Å². The van der Waals surface area contributed by atoms with Crippen molar-refractivity contribution in [3.8, 4) is 10.6 Å². The third-order valence-corrected chi connectivity index (χ3v) is 3.17. The van der Waals surface area contributed by atoms with Gasteiger partial charge in [0.25, 0.3) is 0 Å². The Morgan fingerprint density at radius 2 is 2.24 bits per heavy atom. The number of nitrogens with one attached hydrogen (secondary N) is 1. The number of halogens is 1. The van der Waals surface area contributed by atoms with Gasteiger partial charge in [-0.15, -0.1) is 11.6 Å². The normalized spacial score (nSPS) is 10.2. The summed E-state index contributed by atoms with van der Waals surface area (Å²) in [6.45, 7) is 2.01. The average molecular weight is 268 g/mol. The van der Waals surface area contributed by atoms with Crippen molar-refractivity contribution in [2.75, 3.05) is 11.2 Å². The number of benzene rings is 1. The first-order chi connectivity index (χ1) is 8.20. The molecule has 17 heavy (non-hydrogen) atoms. The van der Waals surface area contributed by atoms with Gasteiger partial charge in [-0.25, -0.2) is 0 Å². The third-order valence-electron chi connectivity index (χ3n) is 2.17. The number of aromatic nitrogens is 2. The number of anilines is 1. The molecule has 1 heterocycles. The molecule has 0 saturated carbocycles. The topological polar surface area (TPSA) is 54.9 Å². The number of rotatable bonds is 3. The molecule has 1 aromatic heterocycles. The molecule has 0 radical (unpaired) electrons. The molecular formula is C11H10ClN3OS. The van der Waals surface area contributed by atoms with Gasteiger partial charge in [0.1, 0.15) is 10.9 Å². The van der Waals surface area contributed by atoms with Crippen molar-refractivity contribution >= 4 is 35.0 Å². The van der Waals surface area contributed by atoms with E-state index < -0.39 is 0 Å². The molecule has 0 aliphatic carbocycles. The fraction of sp³-hybridized carbons (Fsp3) is 0.182. The van der Waals surface area contributed by atoms with Crippen molar-refractivity contribution < 1.29 is 4.79 Å². The SMILES string of the molecule is Cc1ccccc1-c1nc(NC(=O)CCl)ns1. The van der Waals surface area contributed by atoms with Gasteiger partial charge < -0.3 is 0 Å². The van der Waals surface area contributed by atoms with Crippen molar-refractivity contribution in [2.24, 2.45) is 0 Å². The Bertz CT molecular complexity index is 541. The van der Waals surface area contributed by atoms with E-state index in [0.717, 1.165) is 16.1 Å². The van der Waals surface area contributed by atoms with Gasteiger partial charge in [0.2, 0.25) is 11.9 Å². The van der Waals surface area contributed by atoms with E-state index in [0.29, 0.717) is 5.95 Å². The minimum absolute atomic E-state index is 0.0983. The minimum atomic E-state index is -0.305. The minimum Gasteiger partial charge on any atom is -0.293 e. The largest absolute Gasteiger partial charge is 0.293 e. The number of carbonyl (C=O) groups is 1. The van der Waals surface area contributed by atoms with Crippen LogP contribution in [0.15, 0.2) is 24.3 Å². The van der Waals surface area contributed by atoms with Crippen LogP contribution < -0.4 is 5.32 Å². The highest BCUT2D eigenvalue weighted by atomic mass is 35.5. The van der Waals surface area contributed by atoms with Crippen LogP contribution in [-0.4, -0.2) is 21.1 Å². The zero-order valence-corrected chi connectivity index (χ0v) is 10.7. The fourth-order valence-electron chi connectivity index (χ4n) is 1.35. The van der Waals surface area contributed by atoms with Crippen LogP contribution in [0.4, 0.5) is 5.95 Å². The number of alkyl halides is 1. The van der Waals surface area contributed by atoms with Crippen LogP contribution in [0.5, 0.6) is 0 Å². The number of amides is 1. The summed E-state index contributed by atoms with van der Waals surface area (Å²) in [5, 5.41) is 3.30. The van der Waals surface area contributed by atoms with Crippen LogP contribution in [0.1, 0.15) is 5.56 Å². The Balaban J connectivity index is 2.24. The lowest BCUT2D eigenvalue weighted by atomic mass is 10.1. The summed E-state index contributed by atoms with van der Waals surface area (Å²) in [5.74, 6) is -0.0986. The summed E-state index contributed by atoms with van der Waals surface area (Å²) < 4.78 is 4.06. The van der Waals surface area contributed by atoms with E-state index in [1.165, 1.54) is 11.5 Å². The van der Waals surface area contributed by atoms with Crippen LogP contribution in [0.2, 0.25) is 0 Å². The lowest BCUT2D eigenvalue weighted by molar-refractivity contribution is -0.114. The predicted molar refractivity (Wildman–Crippen MR) is 69.4 cm³/mol. The zero-order valence-electron chi connectivity index (χ0n) is 9.11. The van der Waals surface area contributed by atoms with E-state index in [4.69, 9.17) is 11.6 Å². The van der Waals surface area contributed by atoms with Crippen LogP contribution in [0.3, 0.4) is 0 Å². The molecule has 2 rings (SSSR count). The molecule has 1 N–H and O–H groups in total. The molecule has 0 atom stereocenters. The molecule has 0 bridgehead atoms. The van der Waals surface area contributed by atoms with Gasteiger partial charge >= 0.3 is 0 Å². The monoisotopic (exact) mass is 267 g/mol. The molecule has 0 aliphatic rings. The third kappa shape index (κ3) is 2.81. The second kappa shape index (κ2) is 5.25. The first-order valence-corrected chi connectivity index (χ1v) is 6.27. The maximum atomic E-state index is 11.1. The summed E-state index contributed by atoms with van der Waals surface area (Å²) in [7, 11) is 0. The van der Waals surface area contributed by atoms with Gasteiger partial charge in [0.15, 0.2) is 0 Å². The zero-order chi connectivity index (χ0) is 12.3. The van der Waals surface area contributed by atoms with Crippen LogP contribution in [0, 0.1) is 6.92 Å². The van der Waals surface area contributed by atoms with E-state index >= 15 is 0 Å². The van der Waals surface area contributed by atoms with Crippen LogP contribution in [0.25, 0.3) is 10.6 Å². The first kappa shape index (κ1) is 12.0. The molecule has 2 aromatic rings.